The lowest BCUT2D eigenvalue weighted by molar-refractivity contribution is -0.182. The summed E-state index contributed by atoms with van der Waals surface area (Å²) in [4.78, 5) is 37.3. The molecule has 2 aliphatic rings. The molecule has 2 saturated heterocycles. The number of aromatic nitrogens is 4. The predicted molar refractivity (Wildman–Crippen MR) is 94.2 cm³/mol. The summed E-state index contributed by atoms with van der Waals surface area (Å²) in [7, 11) is 0. The maximum Gasteiger partial charge on any atom is 0.250 e. The summed E-state index contributed by atoms with van der Waals surface area (Å²) < 4.78 is 0. The van der Waals surface area contributed by atoms with Crippen LogP contribution in [-0.4, -0.2) is 50.6 Å². The van der Waals surface area contributed by atoms with Gasteiger partial charge in [-0.1, -0.05) is 11.6 Å². The van der Waals surface area contributed by atoms with E-state index in [4.69, 9.17) is 16.4 Å². The zero-order valence-corrected chi connectivity index (χ0v) is 14.9. The van der Waals surface area contributed by atoms with Gasteiger partial charge in [0.1, 0.15) is 23.3 Å². The maximum absolute atomic E-state index is 13.0. The molecular formula is C17H19ClN6O2. The molecule has 4 heterocycles. The van der Waals surface area contributed by atoms with Crippen LogP contribution in [0.25, 0.3) is 0 Å². The van der Waals surface area contributed by atoms with E-state index in [1.54, 1.807) is 24.7 Å². The monoisotopic (exact) mass is 374 g/mol. The second-order valence-corrected chi connectivity index (χ2v) is 6.78. The second-order valence-electron chi connectivity index (χ2n) is 6.39. The van der Waals surface area contributed by atoms with Crippen LogP contribution in [0.15, 0.2) is 31.0 Å². The number of halogens is 1. The number of hydroxylamine groups is 2. The van der Waals surface area contributed by atoms with Gasteiger partial charge in [-0.25, -0.2) is 15.0 Å². The first-order chi connectivity index (χ1) is 12.7. The molecule has 0 saturated carbocycles. The van der Waals surface area contributed by atoms with Crippen LogP contribution in [0.1, 0.15) is 31.0 Å². The number of hydrogen-bond acceptors (Lipinski definition) is 7. The Morgan fingerprint density at radius 1 is 1.15 bits per heavy atom. The van der Waals surface area contributed by atoms with Gasteiger partial charge < -0.3 is 4.90 Å². The van der Waals surface area contributed by atoms with Crippen molar-refractivity contribution in [2.45, 2.75) is 25.3 Å². The minimum atomic E-state index is -0.157. The average Bonchev–Trinajstić information content (AvgIpc) is 3.18. The van der Waals surface area contributed by atoms with Crippen molar-refractivity contribution in [1.29, 1.82) is 0 Å². The number of piperidine rings is 1. The van der Waals surface area contributed by atoms with Gasteiger partial charge in [0.15, 0.2) is 0 Å². The smallest absolute Gasteiger partial charge is 0.250 e. The molecule has 2 fully saturated rings. The third kappa shape index (κ3) is 3.47. The van der Waals surface area contributed by atoms with Gasteiger partial charge in [-0.05, 0) is 12.8 Å². The molecular weight excluding hydrogens is 356 g/mol. The minimum absolute atomic E-state index is 0.0264. The lowest BCUT2D eigenvalue weighted by Crippen LogP contribution is -2.42. The Bertz CT molecular complexity index is 769. The summed E-state index contributed by atoms with van der Waals surface area (Å²) in [5.41, 5.74) is 0.770. The SMILES string of the molecule is O=C(C1CCN(c2cc(Cl)ncn2)CC1)N1OCC[C@H]1c1cnccn1. The van der Waals surface area contributed by atoms with Crippen LogP contribution in [0.5, 0.6) is 0 Å². The average molecular weight is 375 g/mol. The van der Waals surface area contributed by atoms with Gasteiger partial charge >= 0.3 is 0 Å². The first-order valence-electron chi connectivity index (χ1n) is 8.67. The van der Waals surface area contributed by atoms with Crippen molar-refractivity contribution in [1.82, 2.24) is 25.0 Å². The molecule has 26 heavy (non-hydrogen) atoms. The normalized spacial score (nSPS) is 21.2. The fourth-order valence-corrected chi connectivity index (χ4v) is 3.61. The topological polar surface area (TPSA) is 84.3 Å². The third-order valence-electron chi connectivity index (χ3n) is 4.83. The third-order valence-corrected chi connectivity index (χ3v) is 5.04. The van der Waals surface area contributed by atoms with E-state index < -0.39 is 0 Å². The number of amides is 1. The van der Waals surface area contributed by atoms with Crippen molar-refractivity contribution < 1.29 is 9.63 Å². The van der Waals surface area contributed by atoms with Crippen LogP contribution >= 0.6 is 11.6 Å². The Balaban J connectivity index is 1.40. The van der Waals surface area contributed by atoms with E-state index in [1.165, 1.54) is 11.4 Å². The summed E-state index contributed by atoms with van der Waals surface area (Å²) in [5.74, 6) is 0.755. The molecule has 0 aliphatic carbocycles. The molecule has 0 unspecified atom stereocenters. The van der Waals surface area contributed by atoms with E-state index in [2.05, 4.69) is 24.8 Å². The number of hydrogen-bond donors (Lipinski definition) is 0. The van der Waals surface area contributed by atoms with Crippen LogP contribution in [-0.2, 0) is 9.63 Å². The summed E-state index contributed by atoms with van der Waals surface area (Å²) >= 11 is 5.94. The van der Waals surface area contributed by atoms with Crippen molar-refractivity contribution in [2.75, 3.05) is 24.6 Å². The van der Waals surface area contributed by atoms with Crippen LogP contribution in [0.3, 0.4) is 0 Å². The van der Waals surface area contributed by atoms with Gasteiger partial charge in [-0.3, -0.25) is 19.6 Å². The Morgan fingerprint density at radius 2 is 2.00 bits per heavy atom. The van der Waals surface area contributed by atoms with Crippen molar-refractivity contribution in [3.63, 3.8) is 0 Å². The molecule has 9 heteroatoms. The molecule has 0 aromatic carbocycles. The molecule has 4 rings (SSSR count). The van der Waals surface area contributed by atoms with Crippen molar-refractivity contribution in [2.24, 2.45) is 5.92 Å². The van der Waals surface area contributed by atoms with Crippen LogP contribution in [0.4, 0.5) is 5.82 Å². The number of rotatable bonds is 3. The largest absolute Gasteiger partial charge is 0.356 e. The summed E-state index contributed by atoms with van der Waals surface area (Å²) in [6, 6.07) is 1.59. The van der Waals surface area contributed by atoms with E-state index >= 15 is 0 Å². The van der Waals surface area contributed by atoms with Gasteiger partial charge in [-0.15, -0.1) is 0 Å². The summed E-state index contributed by atoms with van der Waals surface area (Å²) in [6.45, 7) is 2.01. The molecule has 0 bridgehead atoms. The van der Waals surface area contributed by atoms with E-state index in [-0.39, 0.29) is 17.9 Å². The zero-order chi connectivity index (χ0) is 17.9. The fourth-order valence-electron chi connectivity index (χ4n) is 3.47. The van der Waals surface area contributed by atoms with Gasteiger partial charge in [0.2, 0.25) is 5.91 Å². The van der Waals surface area contributed by atoms with Crippen LogP contribution < -0.4 is 4.90 Å². The lowest BCUT2D eigenvalue weighted by Gasteiger charge is -2.34. The van der Waals surface area contributed by atoms with Gasteiger partial charge in [-0.2, -0.15) is 0 Å². The van der Waals surface area contributed by atoms with E-state index in [0.717, 1.165) is 43.9 Å². The number of carbonyl (C=O) groups excluding carboxylic acids is 1. The molecule has 0 N–H and O–H groups in total. The first-order valence-corrected chi connectivity index (χ1v) is 9.04. The van der Waals surface area contributed by atoms with Gasteiger partial charge in [0.05, 0.1) is 18.5 Å². The summed E-state index contributed by atoms with van der Waals surface area (Å²) in [5, 5.41) is 1.93. The first kappa shape index (κ1) is 17.1. The van der Waals surface area contributed by atoms with E-state index in [1.807, 2.05) is 0 Å². The highest BCUT2D eigenvalue weighted by Crippen LogP contribution is 2.32. The Labute approximate surface area is 156 Å². The highest BCUT2D eigenvalue weighted by molar-refractivity contribution is 6.29. The molecule has 2 aromatic rings. The van der Waals surface area contributed by atoms with Crippen molar-refractivity contribution in [3.8, 4) is 0 Å². The quantitative estimate of drug-likeness (QED) is 0.760. The number of carbonyl (C=O) groups is 1. The number of nitrogens with zero attached hydrogens (tertiary/aromatic N) is 6. The highest BCUT2D eigenvalue weighted by atomic mass is 35.5. The van der Waals surface area contributed by atoms with Crippen molar-refractivity contribution in [3.05, 3.63) is 41.8 Å². The maximum atomic E-state index is 13.0. The van der Waals surface area contributed by atoms with E-state index in [0.29, 0.717) is 11.8 Å². The molecule has 1 atom stereocenters. The fraction of sp³-hybridized carbons (Fsp3) is 0.471. The molecule has 0 radical (unpaired) electrons. The second kappa shape index (κ2) is 7.51. The van der Waals surface area contributed by atoms with Crippen molar-refractivity contribution >= 4 is 23.3 Å². The predicted octanol–water partition coefficient (Wildman–Crippen LogP) is 2.04. The Hall–Kier alpha value is -2.32. The molecule has 2 aliphatic heterocycles. The number of anilines is 1. The molecule has 2 aromatic heterocycles. The Morgan fingerprint density at radius 3 is 2.73 bits per heavy atom. The molecule has 1 amide bonds. The standard InChI is InChI=1S/C17H19ClN6O2/c18-15-9-16(22-11-21-15)23-6-1-12(2-7-23)17(25)24-14(3-8-26-24)13-10-19-4-5-20-13/h4-5,9-12,14H,1-3,6-8H2/t14-/m0/s1. The Kier molecular flexibility index (Phi) is 4.94. The van der Waals surface area contributed by atoms with Crippen LogP contribution in [0, 0.1) is 5.92 Å². The molecule has 8 nitrogen and oxygen atoms in total. The highest BCUT2D eigenvalue weighted by Gasteiger charge is 2.37. The lowest BCUT2D eigenvalue weighted by atomic mass is 9.95. The van der Waals surface area contributed by atoms with E-state index in [9.17, 15) is 4.79 Å². The van der Waals surface area contributed by atoms with Gasteiger partial charge in [0, 0.05) is 43.9 Å². The molecule has 0 spiro atoms. The minimum Gasteiger partial charge on any atom is -0.356 e. The molecule has 136 valence electrons. The van der Waals surface area contributed by atoms with Gasteiger partial charge in [0.25, 0.3) is 0 Å². The zero-order valence-electron chi connectivity index (χ0n) is 14.2. The van der Waals surface area contributed by atoms with Crippen LogP contribution in [0.2, 0.25) is 5.15 Å². The summed E-state index contributed by atoms with van der Waals surface area (Å²) in [6.07, 6.45) is 8.64.